The first-order valence-corrected chi connectivity index (χ1v) is 4.92. The molecule has 1 atom stereocenters. The smallest absolute Gasteiger partial charge is 0.0457 e. The number of nitrogens with zero attached hydrogens (tertiary/aromatic N) is 1. The van der Waals surface area contributed by atoms with Crippen molar-refractivity contribution in [3.05, 3.63) is 36.0 Å². The van der Waals surface area contributed by atoms with Gasteiger partial charge in [-0.25, -0.2) is 0 Å². The van der Waals surface area contributed by atoms with Gasteiger partial charge in [-0.3, -0.25) is 0 Å². The van der Waals surface area contributed by atoms with Crippen molar-refractivity contribution in [2.24, 2.45) is 0 Å². The molecule has 0 fully saturated rings. The Bertz CT molecular complexity index is 429. The molecule has 0 aliphatic heterocycles. The summed E-state index contributed by atoms with van der Waals surface area (Å²) in [5, 5.41) is 1.33. The van der Waals surface area contributed by atoms with E-state index in [9.17, 15) is 0 Å². The molecule has 0 aliphatic rings. The Morgan fingerprint density at radius 2 is 1.93 bits per heavy atom. The molecular formula is C12H16N2. The summed E-state index contributed by atoms with van der Waals surface area (Å²) in [6.07, 6.45) is 2.11. The van der Waals surface area contributed by atoms with Crippen molar-refractivity contribution in [1.29, 1.82) is 0 Å². The van der Waals surface area contributed by atoms with E-state index < -0.39 is 0 Å². The minimum Gasteiger partial charge on any atom is -0.361 e. The predicted molar refractivity (Wildman–Crippen MR) is 60.4 cm³/mol. The third-order valence-electron chi connectivity index (χ3n) is 2.85. The number of benzene rings is 1. The first kappa shape index (κ1) is 9.28. The Kier molecular flexibility index (Phi) is 2.30. The zero-order chi connectivity index (χ0) is 10.1. The van der Waals surface area contributed by atoms with Gasteiger partial charge in [0.1, 0.15) is 0 Å². The van der Waals surface area contributed by atoms with E-state index in [4.69, 9.17) is 0 Å². The summed E-state index contributed by atoms with van der Waals surface area (Å²) in [6.45, 7) is 2.22. The molecule has 2 aromatic rings. The second kappa shape index (κ2) is 3.46. The highest BCUT2D eigenvalue weighted by Crippen LogP contribution is 2.25. The minimum atomic E-state index is 0.450. The van der Waals surface area contributed by atoms with Crippen LogP contribution in [-0.4, -0.2) is 24.0 Å². The fourth-order valence-electron chi connectivity index (χ4n) is 1.72. The van der Waals surface area contributed by atoms with Crippen molar-refractivity contribution < 1.29 is 0 Å². The molecule has 0 aliphatic carbocycles. The van der Waals surface area contributed by atoms with Crippen LogP contribution in [0, 0.1) is 0 Å². The molecule has 0 radical (unpaired) electrons. The van der Waals surface area contributed by atoms with Gasteiger partial charge in [0.25, 0.3) is 0 Å². The second-order valence-corrected chi connectivity index (χ2v) is 3.93. The van der Waals surface area contributed by atoms with Gasteiger partial charge in [-0.2, -0.15) is 0 Å². The van der Waals surface area contributed by atoms with Crippen molar-refractivity contribution in [3.8, 4) is 0 Å². The van der Waals surface area contributed by atoms with Gasteiger partial charge in [-0.05, 0) is 32.6 Å². The highest BCUT2D eigenvalue weighted by Gasteiger charge is 2.11. The molecule has 74 valence electrons. The lowest BCUT2D eigenvalue weighted by Crippen LogP contribution is -2.16. The largest absolute Gasteiger partial charge is 0.361 e. The van der Waals surface area contributed by atoms with Crippen molar-refractivity contribution in [3.63, 3.8) is 0 Å². The third-order valence-corrected chi connectivity index (χ3v) is 2.85. The molecule has 0 saturated heterocycles. The quantitative estimate of drug-likeness (QED) is 0.767. The fourth-order valence-corrected chi connectivity index (χ4v) is 1.72. The van der Waals surface area contributed by atoms with Crippen molar-refractivity contribution in [2.45, 2.75) is 13.0 Å². The Morgan fingerprint density at radius 3 is 2.64 bits per heavy atom. The summed E-state index contributed by atoms with van der Waals surface area (Å²) in [7, 11) is 4.21. The maximum absolute atomic E-state index is 3.30. The van der Waals surface area contributed by atoms with Crippen molar-refractivity contribution in [2.75, 3.05) is 14.1 Å². The van der Waals surface area contributed by atoms with E-state index in [0.717, 1.165) is 0 Å². The standard InChI is InChI=1S/C12H16N2/c1-9(14(2)3)11-8-13-12-7-5-4-6-10(11)12/h4-9,13H,1-3H3. The highest BCUT2D eigenvalue weighted by molar-refractivity contribution is 5.83. The molecule has 2 heteroatoms. The van der Waals surface area contributed by atoms with Crippen LogP contribution in [0.15, 0.2) is 30.5 Å². The molecule has 1 heterocycles. The number of fused-ring (bicyclic) bond motifs is 1. The number of aromatic amines is 1. The van der Waals surface area contributed by atoms with E-state index in [1.165, 1.54) is 16.5 Å². The first-order chi connectivity index (χ1) is 6.70. The maximum atomic E-state index is 3.30. The fraction of sp³-hybridized carbons (Fsp3) is 0.333. The van der Waals surface area contributed by atoms with E-state index in [0.29, 0.717) is 6.04 Å². The normalized spacial score (nSPS) is 13.7. The predicted octanol–water partition coefficient (Wildman–Crippen LogP) is 2.79. The summed E-state index contributed by atoms with van der Waals surface area (Å²) >= 11 is 0. The van der Waals surface area contributed by atoms with Crippen LogP contribution in [0.2, 0.25) is 0 Å². The molecule has 0 spiro atoms. The van der Waals surface area contributed by atoms with Gasteiger partial charge >= 0.3 is 0 Å². The second-order valence-electron chi connectivity index (χ2n) is 3.93. The van der Waals surface area contributed by atoms with Crippen molar-refractivity contribution >= 4 is 10.9 Å². The van der Waals surface area contributed by atoms with Gasteiger partial charge in [-0.1, -0.05) is 18.2 Å². The molecule has 1 aromatic carbocycles. The average molecular weight is 188 g/mol. The molecule has 1 aromatic heterocycles. The Hall–Kier alpha value is -1.28. The van der Waals surface area contributed by atoms with Crippen LogP contribution in [-0.2, 0) is 0 Å². The molecule has 1 unspecified atom stereocenters. The topological polar surface area (TPSA) is 19.0 Å². The van der Waals surface area contributed by atoms with Gasteiger partial charge in [0.15, 0.2) is 0 Å². The molecule has 0 amide bonds. The van der Waals surface area contributed by atoms with Gasteiger partial charge in [0.2, 0.25) is 0 Å². The lowest BCUT2D eigenvalue weighted by molar-refractivity contribution is 0.323. The van der Waals surface area contributed by atoms with Gasteiger partial charge < -0.3 is 9.88 Å². The molecule has 2 nitrogen and oxygen atoms in total. The van der Waals surface area contributed by atoms with Crippen LogP contribution in [0.5, 0.6) is 0 Å². The van der Waals surface area contributed by atoms with E-state index >= 15 is 0 Å². The Balaban J connectivity index is 2.53. The molecule has 2 rings (SSSR count). The first-order valence-electron chi connectivity index (χ1n) is 4.92. The maximum Gasteiger partial charge on any atom is 0.0457 e. The zero-order valence-electron chi connectivity index (χ0n) is 8.91. The van der Waals surface area contributed by atoms with Crippen LogP contribution < -0.4 is 0 Å². The Morgan fingerprint density at radius 1 is 1.21 bits per heavy atom. The number of hydrogen-bond acceptors (Lipinski definition) is 1. The van der Waals surface area contributed by atoms with E-state index in [1.54, 1.807) is 0 Å². The molecule has 1 N–H and O–H groups in total. The van der Waals surface area contributed by atoms with E-state index in [-0.39, 0.29) is 0 Å². The van der Waals surface area contributed by atoms with E-state index in [1.807, 2.05) is 0 Å². The monoisotopic (exact) mass is 188 g/mol. The minimum absolute atomic E-state index is 0.450. The summed E-state index contributed by atoms with van der Waals surface area (Å²) in [4.78, 5) is 5.52. The number of hydrogen-bond donors (Lipinski definition) is 1. The van der Waals surface area contributed by atoms with Crippen LogP contribution >= 0.6 is 0 Å². The van der Waals surface area contributed by atoms with Crippen LogP contribution in [0.25, 0.3) is 10.9 Å². The lowest BCUT2D eigenvalue weighted by atomic mass is 10.1. The lowest BCUT2D eigenvalue weighted by Gasteiger charge is -2.18. The number of rotatable bonds is 2. The third kappa shape index (κ3) is 1.42. The molecular weight excluding hydrogens is 172 g/mol. The van der Waals surface area contributed by atoms with Gasteiger partial charge in [-0.15, -0.1) is 0 Å². The number of aromatic nitrogens is 1. The highest BCUT2D eigenvalue weighted by atomic mass is 15.1. The van der Waals surface area contributed by atoms with Crippen molar-refractivity contribution in [1.82, 2.24) is 9.88 Å². The number of para-hydroxylation sites is 1. The average Bonchev–Trinajstić information content (AvgIpc) is 2.60. The summed E-state index contributed by atoms with van der Waals surface area (Å²) in [5.41, 5.74) is 2.59. The van der Waals surface area contributed by atoms with E-state index in [2.05, 4.69) is 61.4 Å². The van der Waals surface area contributed by atoms with Crippen LogP contribution in [0.3, 0.4) is 0 Å². The summed E-state index contributed by atoms with van der Waals surface area (Å²) in [6, 6.07) is 8.87. The molecule has 14 heavy (non-hydrogen) atoms. The summed E-state index contributed by atoms with van der Waals surface area (Å²) in [5.74, 6) is 0. The SMILES string of the molecule is CC(c1c[nH]c2ccccc12)N(C)C. The Labute approximate surface area is 84.5 Å². The van der Waals surface area contributed by atoms with Crippen LogP contribution in [0.4, 0.5) is 0 Å². The molecule has 0 saturated carbocycles. The van der Waals surface area contributed by atoms with Gasteiger partial charge in [0, 0.05) is 23.1 Å². The molecule has 0 bridgehead atoms. The number of nitrogens with one attached hydrogen (secondary N) is 1. The summed E-state index contributed by atoms with van der Waals surface area (Å²) < 4.78 is 0. The number of H-pyrrole nitrogens is 1. The zero-order valence-corrected chi connectivity index (χ0v) is 8.91. The van der Waals surface area contributed by atoms with Gasteiger partial charge in [0.05, 0.1) is 0 Å². The van der Waals surface area contributed by atoms with Crippen LogP contribution in [0.1, 0.15) is 18.5 Å².